The van der Waals surface area contributed by atoms with E-state index in [1.54, 1.807) is 0 Å². The van der Waals surface area contributed by atoms with Crippen molar-refractivity contribution in [2.75, 3.05) is 13.1 Å². The van der Waals surface area contributed by atoms with Crippen molar-refractivity contribution in [1.82, 2.24) is 5.32 Å². The molecule has 2 heteroatoms. The lowest BCUT2D eigenvalue weighted by Gasteiger charge is -2.19. The van der Waals surface area contributed by atoms with Crippen LogP contribution >= 0.6 is 0 Å². The van der Waals surface area contributed by atoms with Crippen molar-refractivity contribution in [3.8, 4) is 0 Å². The van der Waals surface area contributed by atoms with E-state index in [0.717, 1.165) is 25.4 Å². The highest BCUT2D eigenvalue weighted by Gasteiger charge is 2.46. The van der Waals surface area contributed by atoms with Crippen LogP contribution < -0.4 is 5.32 Å². The van der Waals surface area contributed by atoms with Gasteiger partial charge in [-0.05, 0) is 31.7 Å². The summed E-state index contributed by atoms with van der Waals surface area (Å²) in [7, 11) is 0. The van der Waals surface area contributed by atoms with E-state index in [1.807, 2.05) is 0 Å². The highest BCUT2D eigenvalue weighted by atomic mass is 16.1. The van der Waals surface area contributed by atoms with Gasteiger partial charge in [0.15, 0.2) is 0 Å². The predicted octanol–water partition coefficient (Wildman–Crippen LogP) is 0.575. The minimum absolute atomic E-state index is 0.0556. The molecule has 2 nitrogen and oxygen atoms in total. The van der Waals surface area contributed by atoms with Gasteiger partial charge in [0, 0.05) is 12.0 Å². The molecule has 1 unspecified atom stereocenters. The molecule has 56 valence electrons. The molecule has 0 aromatic heterocycles. The second kappa shape index (κ2) is 2.06. The minimum Gasteiger partial charge on any atom is -0.316 e. The van der Waals surface area contributed by atoms with E-state index in [1.165, 1.54) is 19.1 Å². The second-order valence-corrected chi connectivity index (χ2v) is 3.55. The Balaban J connectivity index is 2.11. The average molecular weight is 139 g/mol. The Kier molecular flexibility index (Phi) is 1.31. The van der Waals surface area contributed by atoms with Crippen molar-refractivity contribution in [2.24, 2.45) is 11.3 Å². The lowest BCUT2D eigenvalue weighted by atomic mass is 9.84. The number of hydrogen-bond acceptors (Lipinski definition) is 2. The van der Waals surface area contributed by atoms with Crippen LogP contribution in [-0.2, 0) is 4.79 Å². The average Bonchev–Trinajstić information content (AvgIpc) is 2.71. The molecule has 1 saturated heterocycles. The quantitative estimate of drug-likeness (QED) is 0.567. The molecule has 0 spiro atoms. The lowest BCUT2D eigenvalue weighted by molar-refractivity contribution is -0.116. The standard InChI is InChI=1S/C8H13NO/c10-6-8(7-1-2-7)3-4-9-5-8/h6-7,9H,1-5H2. The van der Waals surface area contributed by atoms with Crippen LogP contribution in [0.15, 0.2) is 0 Å². The third-order valence-electron chi connectivity index (χ3n) is 2.85. The minimum atomic E-state index is 0.0556. The fourth-order valence-electron chi connectivity index (χ4n) is 1.93. The molecule has 2 fully saturated rings. The number of aldehydes is 1. The Morgan fingerprint density at radius 2 is 2.30 bits per heavy atom. The summed E-state index contributed by atoms with van der Waals surface area (Å²) in [6, 6.07) is 0. The van der Waals surface area contributed by atoms with Gasteiger partial charge in [-0.2, -0.15) is 0 Å². The highest BCUT2D eigenvalue weighted by molar-refractivity contribution is 5.62. The monoisotopic (exact) mass is 139 g/mol. The normalized spacial score (nSPS) is 40.0. The van der Waals surface area contributed by atoms with Gasteiger partial charge in [-0.15, -0.1) is 0 Å². The third kappa shape index (κ3) is 0.788. The van der Waals surface area contributed by atoms with Crippen LogP contribution in [0.3, 0.4) is 0 Å². The Morgan fingerprint density at radius 3 is 2.70 bits per heavy atom. The summed E-state index contributed by atoms with van der Waals surface area (Å²) in [5, 5.41) is 3.25. The topological polar surface area (TPSA) is 29.1 Å². The zero-order valence-corrected chi connectivity index (χ0v) is 6.10. The molecule has 0 amide bonds. The molecule has 0 bridgehead atoms. The van der Waals surface area contributed by atoms with E-state index in [0.29, 0.717) is 0 Å². The largest absolute Gasteiger partial charge is 0.316 e. The number of carbonyl (C=O) groups excluding carboxylic acids is 1. The summed E-state index contributed by atoms with van der Waals surface area (Å²) in [6.45, 7) is 1.97. The fourth-order valence-corrected chi connectivity index (χ4v) is 1.93. The van der Waals surface area contributed by atoms with Crippen molar-refractivity contribution >= 4 is 6.29 Å². The summed E-state index contributed by atoms with van der Waals surface area (Å²) < 4.78 is 0. The Labute approximate surface area is 61.0 Å². The van der Waals surface area contributed by atoms with E-state index in [-0.39, 0.29) is 5.41 Å². The number of nitrogens with one attached hydrogen (secondary N) is 1. The number of hydrogen-bond donors (Lipinski definition) is 1. The first-order chi connectivity index (χ1) is 4.87. The first kappa shape index (κ1) is 6.35. The van der Waals surface area contributed by atoms with Gasteiger partial charge in [-0.1, -0.05) is 0 Å². The van der Waals surface area contributed by atoms with Crippen LogP contribution in [0.25, 0.3) is 0 Å². The molecule has 2 rings (SSSR count). The van der Waals surface area contributed by atoms with Gasteiger partial charge in [0.05, 0.1) is 0 Å². The molecule has 10 heavy (non-hydrogen) atoms. The maximum absolute atomic E-state index is 10.8. The fraction of sp³-hybridized carbons (Fsp3) is 0.875. The van der Waals surface area contributed by atoms with Crippen LogP contribution in [0.4, 0.5) is 0 Å². The van der Waals surface area contributed by atoms with Gasteiger partial charge in [-0.25, -0.2) is 0 Å². The molecule has 1 aliphatic heterocycles. The zero-order chi connectivity index (χ0) is 7.03. The summed E-state index contributed by atoms with van der Waals surface area (Å²) in [5.74, 6) is 0.722. The van der Waals surface area contributed by atoms with Gasteiger partial charge in [-0.3, -0.25) is 0 Å². The lowest BCUT2D eigenvalue weighted by Crippen LogP contribution is -2.27. The predicted molar refractivity (Wildman–Crippen MR) is 38.7 cm³/mol. The van der Waals surface area contributed by atoms with E-state index in [9.17, 15) is 4.79 Å². The summed E-state index contributed by atoms with van der Waals surface area (Å²) in [5.41, 5.74) is 0.0556. The Bertz CT molecular complexity index is 145. The molecular weight excluding hydrogens is 126 g/mol. The molecular formula is C8H13NO. The Hall–Kier alpha value is -0.370. The summed E-state index contributed by atoms with van der Waals surface area (Å²) in [6.07, 6.45) is 4.81. The van der Waals surface area contributed by atoms with Crippen LogP contribution in [0.5, 0.6) is 0 Å². The van der Waals surface area contributed by atoms with Gasteiger partial charge in [0.1, 0.15) is 6.29 Å². The van der Waals surface area contributed by atoms with E-state index in [2.05, 4.69) is 5.32 Å². The van der Waals surface area contributed by atoms with Gasteiger partial charge >= 0.3 is 0 Å². The molecule has 0 radical (unpaired) electrons. The van der Waals surface area contributed by atoms with Crippen LogP contribution in [0.2, 0.25) is 0 Å². The summed E-state index contributed by atoms with van der Waals surface area (Å²) >= 11 is 0. The van der Waals surface area contributed by atoms with E-state index in [4.69, 9.17) is 0 Å². The SMILES string of the molecule is O=CC1(C2CC2)CCNC1. The van der Waals surface area contributed by atoms with E-state index >= 15 is 0 Å². The van der Waals surface area contributed by atoms with Gasteiger partial charge in [0.2, 0.25) is 0 Å². The molecule has 2 aliphatic rings. The molecule has 1 aliphatic carbocycles. The molecule has 1 saturated carbocycles. The van der Waals surface area contributed by atoms with Gasteiger partial charge < -0.3 is 10.1 Å². The van der Waals surface area contributed by atoms with Crippen molar-refractivity contribution in [3.63, 3.8) is 0 Å². The first-order valence-corrected chi connectivity index (χ1v) is 4.04. The molecule has 1 heterocycles. The molecule has 0 aromatic carbocycles. The zero-order valence-electron chi connectivity index (χ0n) is 6.10. The Morgan fingerprint density at radius 1 is 1.50 bits per heavy atom. The van der Waals surface area contributed by atoms with Crippen LogP contribution in [0, 0.1) is 11.3 Å². The van der Waals surface area contributed by atoms with Crippen molar-refractivity contribution in [3.05, 3.63) is 0 Å². The van der Waals surface area contributed by atoms with Crippen LogP contribution in [-0.4, -0.2) is 19.4 Å². The maximum atomic E-state index is 10.8. The third-order valence-corrected chi connectivity index (χ3v) is 2.85. The first-order valence-electron chi connectivity index (χ1n) is 4.04. The molecule has 1 N–H and O–H groups in total. The van der Waals surface area contributed by atoms with Crippen LogP contribution in [0.1, 0.15) is 19.3 Å². The van der Waals surface area contributed by atoms with Crippen molar-refractivity contribution in [1.29, 1.82) is 0 Å². The van der Waals surface area contributed by atoms with Gasteiger partial charge in [0.25, 0.3) is 0 Å². The maximum Gasteiger partial charge on any atom is 0.127 e. The second-order valence-electron chi connectivity index (χ2n) is 3.55. The number of carbonyl (C=O) groups is 1. The molecule has 1 atom stereocenters. The number of rotatable bonds is 2. The summed E-state index contributed by atoms with van der Waals surface area (Å²) in [4.78, 5) is 10.8. The molecule has 0 aromatic rings. The van der Waals surface area contributed by atoms with E-state index < -0.39 is 0 Å². The van der Waals surface area contributed by atoms with Crippen molar-refractivity contribution in [2.45, 2.75) is 19.3 Å². The highest BCUT2D eigenvalue weighted by Crippen LogP contribution is 2.47. The smallest absolute Gasteiger partial charge is 0.127 e. The van der Waals surface area contributed by atoms with Crippen molar-refractivity contribution < 1.29 is 4.79 Å².